The van der Waals surface area contributed by atoms with Crippen LogP contribution in [0.25, 0.3) is 0 Å². The van der Waals surface area contributed by atoms with E-state index in [1.165, 1.54) is 12.4 Å². The quantitative estimate of drug-likeness (QED) is 0.636. The molecule has 2 heterocycles. The van der Waals surface area contributed by atoms with Gasteiger partial charge in [-0.2, -0.15) is 0 Å². The maximum absolute atomic E-state index is 10.5. The first-order valence-corrected chi connectivity index (χ1v) is 6.08. The first-order valence-electron chi connectivity index (χ1n) is 6.08. The summed E-state index contributed by atoms with van der Waals surface area (Å²) in [7, 11) is 1.94. The number of hydrogen-bond acceptors (Lipinski definition) is 6. The van der Waals surface area contributed by atoms with Crippen LogP contribution in [0.15, 0.2) is 12.4 Å². The number of nitrogens with zero attached hydrogens (tertiary/aromatic N) is 4. The Kier molecular flexibility index (Phi) is 4.03. The van der Waals surface area contributed by atoms with Crippen LogP contribution < -0.4 is 10.2 Å². The minimum absolute atomic E-state index is 0.0744. The lowest BCUT2D eigenvalue weighted by Crippen LogP contribution is -2.33. The number of rotatable bonds is 3. The minimum atomic E-state index is -0.487. The maximum atomic E-state index is 10.5. The molecule has 1 aliphatic heterocycles. The highest BCUT2D eigenvalue weighted by Crippen LogP contribution is 2.18. The summed E-state index contributed by atoms with van der Waals surface area (Å²) in [6.07, 6.45) is 5.77. The average Bonchev–Trinajstić information content (AvgIpc) is 2.67. The lowest BCUT2D eigenvalue weighted by atomic mass is 10.1. The van der Waals surface area contributed by atoms with E-state index >= 15 is 0 Å². The zero-order chi connectivity index (χ0) is 13.0. The highest BCUT2D eigenvalue weighted by atomic mass is 16.6. The number of nitrogens with one attached hydrogen (secondary N) is 1. The summed E-state index contributed by atoms with van der Waals surface area (Å²) in [5.41, 5.74) is -0.0744. The molecule has 0 saturated carbocycles. The summed E-state index contributed by atoms with van der Waals surface area (Å²) in [6, 6.07) is 0.390. The molecule has 1 fully saturated rings. The summed E-state index contributed by atoms with van der Waals surface area (Å²) in [5.74, 6) is 0.549. The molecule has 1 saturated heterocycles. The Hall–Kier alpha value is -1.76. The first-order chi connectivity index (χ1) is 8.68. The summed E-state index contributed by atoms with van der Waals surface area (Å²) in [5, 5.41) is 13.9. The van der Waals surface area contributed by atoms with Crippen molar-refractivity contribution in [2.24, 2.45) is 0 Å². The van der Waals surface area contributed by atoms with E-state index in [0.717, 1.165) is 32.4 Å². The van der Waals surface area contributed by atoms with Gasteiger partial charge >= 0.3 is 5.69 Å². The van der Waals surface area contributed by atoms with Crippen LogP contribution in [0.5, 0.6) is 0 Å². The van der Waals surface area contributed by atoms with Crippen LogP contribution in [0.2, 0.25) is 0 Å². The third kappa shape index (κ3) is 2.92. The molecule has 2 rings (SSSR count). The molecule has 1 aromatic heterocycles. The van der Waals surface area contributed by atoms with Crippen molar-refractivity contribution in [2.75, 3.05) is 25.0 Å². The van der Waals surface area contributed by atoms with Gasteiger partial charge in [-0.05, 0) is 32.4 Å². The lowest BCUT2D eigenvalue weighted by Gasteiger charge is -2.26. The van der Waals surface area contributed by atoms with Gasteiger partial charge < -0.3 is 10.2 Å². The van der Waals surface area contributed by atoms with Crippen LogP contribution in [0.1, 0.15) is 19.3 Å². The fourth-order valence-electron chi connectivity index (χ4n) is 2.14. The van der Waals surface area contributed by atoms with Crippen molar-refractivity contribution in [3.8, 4) is 0 Å². The fourth-order valence-corrected chi connectivity index (χ4v) is 2.14. The van der Waals surface area contributed by atoms with Gasteiger partial charge in [0.05, 0.1) is 4.92 Å². The molecule has 1 aromatic rings. The van der Waals surface area contributed by atoms with Crippen molar-refractivity contribution in [3.05, 3.63) is 22.5 Å². The van der Waals surface area contributed by atoms with Crippen LogP contribution in [0.4, 0.5) is 11.6 Å². The zero-order valence-corrected chi connectivity index (χ0v) is 10.4. The molecule has 1 atom stereocenters. The summed E-state index contributed by atoms with van der Waals surface area (Å²) in [6.45, 7) is 2.04. The first kappa shape index (κ1) is 12.7. The van der Waals surface area contributed by atoms with Crippen molar-refractivity contribution in [1.29, 1.82) is 0 Å². The molecule has 0 spiro atoms. The molecule has 98 valence electrons. The maximum Gasteiger partial charge on any atom is 0.305 e. The van der Waals surface area contributed by atoms with E-state index in [1.807, 2.05) is 11.9 Å². The number of nitro groups is 1. The number of anilines is 1. The second-order valence-corrected chi connectivity index (χ2v) is 4.44. The van der Waals surface area contributed by atoms with Crippen LogP contribution in [0, 0.1) is 10.1 Å². The summed E-state index contributed by atoms with van der Waals surface area (Å²) in [4.78, 5) is 20.2. The molecule has 0 radical (unpaired) electrons. The SMILES string of the molecule is CN(c1ncc([N+](=O)[O-])cn1)C1CCCNCC1. The molecule has 0 bridgehead atoms. The van der Waals surface area contributed by atoms with Crippen molar-refractivity contribution in [1.82, 2.24) is 15.3 Å². The third-order valence-corrected chi connectivity index (χ3v) is 3.24. The van der Waals surface area contributed by atoms with Gasteiger partial charge in [-0.3, -0.25) is 10.1 Å². The third-order valence-electron chi connectivity index (χ3n) is 3.24. The Bertz CT molecular complexity index is 400. The number of hydrogen-bond donors (Lipinski definition) is 1. The van der Waals surface area contributed by atoms with Gasteiger partial charge in [-0.15, -0.1) is 0 Å². The molecular formula is C11H17N5O2. The number of aromatic nitrogens is 2. The van der Waals surface area contributed by atoms with Gasteiger partial charge in [0, 0.05) is 13.1 Å². The Morgan fingerprint density at radius 2 is 2.11 bits per heavy atom. The lowest BCUT2D eigenvalue weighted by molar-refractivity contribution is -0.385. The van der Waals surface area contributed by atoms with E-state index in [1.54, 1.807) is 0 Å². The Balaban J connectivity index is 2.07. The van der Waals surface area contributed by atoms with Crippen molar-refractivity contribution < 1.29 is 4.92 Å². The zero-order valence-electron chi connectivity index (χ0n) is 10.4. The predicted octanol–water partition coefficient (Wildman–Crippen LogP) is 0.963. The molecule has 0 amide bonds. The van der Waals surface area contributed by atoms with Crippen LogP contribution in [0.3, 0.4) is 0 Å². The van der Waals surface area contributed by atoms with E-state index in [2.05, 4.69) is 15.3 Å². The van der Waals surface area contributed by atoms with Crippen LogP contribution in [-0.2, 0) is 0 Å². The highest BCUT2D eigenvalue weighted by Gasteiger charge is 2.19. The summed E-state index contributed by atoms with van der Waals surface area (Å²) < 4.78 is 0. The Morgan fingerprint density at radius 1 is 1.39 bits per heavy atom. The molecule has 1 N–H and O–H groups in total. The average molecular weight is 251 g/mol. The molecule has 7 heteroatoms. The molecule has 7 nitrogen and oxygen atoms in total. The molecule has 0 aromatic carbocycles. The molecular weight excluding hydrogens is 234 g/mol. The van der Waals surface area contributed by atoms with E-state index < -0.39 is 4.92 Å². The normalized spacial score (nSPS) is 20.2. The van der Waals surface area contributed by atoms with Gasteiger partial charge in [-0.25, -0.2) is 9.97 Å². The topological polar surface area (TPSA) is 84.2 Å². The molecule has 0 aliphatic carbocycles. The Morgan fingerprint density at radius 3 is 2.78 bits per heavy atom. The van der Waals surface area contributed by atoms with Crippen LogP contribution >= 0.6 is 0 Å². The van der Waals surface area contributed by atoms with Crippen molar-refractivity contribution in [3.63, 3.8) is 0 Å². The van der Waals surface area contributed by atoms with Gasteiger partial charge in [0.2, 0.25) is 5.95 Å². The standard InChI is InChI=1S/C11H17N5O2/c1-15(9-3-2-5-12-6-4-9)11-13-7-10(8-14-11)16(17)18/h7-9,12H,2-6H2,1H3. The van der Waals surface area contributed by atoms with Crippen molar-refractivity contribution in [2.45, 2.75) is 25.3 Å². The molecule has 1 aliphatic rings. The Labute approximate surface area is 105 Å². The van der Waals surface area contributed by atoms with Gasteiger partial charge in [0.25, 0.3) is 0 Å². The fraction of sp³-hybridized carbons (Fsp3) is 0.636. The van der Waals surface area contributed by atoms with Crippen molar-refractivity contribution >= 4 is 11.6 Å². The van der Waals surface area contributed by atoms with Gasteiger partial charge in [0.1, 0.15) is 12.4 Å². The second-order valence-electron chi connectivity index (χ2n) is 4.44. The van der Waals surface area contributed by atoms with Gasteiger partial charge in [0.15, 0.2) is 0 Å². The predicted molar refractivity (Wildman–Crippen MR) is 67.6 cm³/mol. The van der Waals surface area contributed by atoms with E-state index in [9.17, 15) is 10.1 Å². The highest BCUT2D eigenvalue weighted by molar-refractivity contribution is 5.34. The second kappa shape index (κ2) is 5.72. The monoisotopic (exact) mass is 251 g/mol. The summed E-state index contributed by atoms with van der Waals surface area (Å²) >= 11 is 0. The molecule has 18 heavy (non-hydrogen) atoms. The van der Waals surface area contributed by atoms with Crippen LogP contribution in [-0.4, -0.2) is 41.1 Å². The molecule has 1 unspecified atom stereocenters. The largest absolute Gasteiger partial charge is 0.341 e. The van der Waals surface area contributed by atoms with E-state index in [-0.39, 0.29) is 5.69 Å². The van der Waals surface area contributed by atoms with Gasteiger partial charge in [-0.1, -0.05) is 0 Å². The minimum Gasteiger partial charge on any atom is -0.341 e. The van der Waals surface area contributed by atoms with E-state index in [0.29, 0.717) is 12.0 Å². The van der Waals surface area contributed by atoms with E-state index in [4.69, 9.17) is 0 Å². The smallest absolute Gasteiger partial charge is 0.305 e.